The topological polar surface area (TPSA) is 117 Å². The second-order valence-corrected chi connectivity index (χ2v) is 8.87. The van der Waals surface area contributed by atoms with Crippen molar-refractivity contribution >= 4 is 39.2 Å². The van der Waals surface area contributed by atoms with Crippen LogP contribution in [0.5, 0.6) is 0 Å². The van der Waals surface area contributed by atoms with Gasteiger partial charge in [0.2, 0.25) is 5.91 Å². The number of amides is 4. The molecule has 9 nitrogen and oxygen atoms in total. The van der Waals surface area contributed by atoms with E-state index in [2.05, 4.69) is 10.3 Å². The Morgan fingerprint density at radius 3 is 2.34 bits per heavy atom. The maximum absolute atomic E-state index is 12.9. The van der Waals surface area contributed by atoms with Gasteiger partial charge in [0, 0.05) is 19.7 Å². The molecule has 1 fully saturated rings. The zero-order valence-corrected chi connectivity index (χ0v) is 17.6. The molecule has 2 aromatic rings. The molecule has 2 heterocycles. The van der Waals surface area contributed by atoms with Gasteiger partial charge in [0.1, 0.15) is 11.9 Å². The SMILES string of the molecule is CC(=O)Nc1cc(CN2C(=O)N(c3ccc(S(=O)(=O)C(F)(F)F)cc3)C(=O)C2C)ccn1. The Morgan fingerprint density at radius 2 is 1.78 bits per heavy atom. The minimum absolute atomic E-state index is 0.00210. The van der Waals surface area contributed by atoms with E-state index in [1.807, 2.05) is 0 Å². The Morgan fingerprint density at radius 1 is 1.16 bits per heavy atom. The smallest absolute Gasteiger partial charge is 0.311 e. The summed E-state index contributed by atoms with van der Waals surface area (Å²) in [7, 11) is -5.55. The van der Waals surface area contributed by atoms with Crippen molar-refractivity contribution in [3.63, 3.8) is 0 Å². The lowest BCUT2D eigenvalue weighted by atomic mass is 10.2. The Bertz CT molecular complexity index is 1180. The second kappa shape index (κ2) is 8.22. The number of imide groups is 1. The van der Waals surface area contributed by atoms with Gasteiger partial charge in [-0.05, 0) is 48.9 Å². The summed E-state index contributed by atoms with van der Waals surface area (Å²) in [6, 6.07) is 4.81. The van der Waals surface area contributed by atoms with Crippen molar-refractivity contribution in [2.24, 2.45) is 0 Å². The molecule has 1 atom stereocenters. The lowest BCUT2D eigenvalue weighted by Gasteiger charge is -2.19. The number of hydrogen-bond acceptors (Lipinski definition) is 6. The van der Waals surface area contributed by atoms with Crippen molar-refractivity contribution in [1.29, 1.82) is 0 Å². The van der Waals surface area contributed by atoms with Crippen LogP contribution < -0.4 is 10.2 Å². The molecule has 1 unspecified atom stereocenters. The lowest BCUT2D eigenvalue weighted by Crippen LogP contribution is -2.33. The number of pyridine rings is 1. The summed E-state index contributed by atoms with van der Waals surface area (Å²) in [4.78, 5) is 41.7. The van der Waals surface area contributed by atoms with Crippen LogP contribution in [0, 0.1) is 0 Å². The van der Waals surface area contributed by atoms with Crippen LogP contribution in [0.1, 0.15) is 19.4 Å². The van der Waals surface area contributed by atoms with E-state index < -0.39 is 38.2 Å². The van der Waals surface area contributed by atoms with E-state index in [4.69, 9.17) is 0 Å². The third-order valence-electron chi connectivity index (χ3n) is 4.67. The Kier molecular flexibility index (Phi) is 5.96. The predicted octanol–water partition coefficient (Wildman–Crippen LogP) is 2.69. The van der Waals surface area contributed by atoms with Gasteiger partial charge < -0.3 is 10.2 Å². The Labute approximate surface area is 180 Å². The first-order chi connectivity index (χ1) is 14.8. The predicted molar refractivity (Wildman–Crippen MR) is 106 cm³/mol. The molecule has 0 spiro atoms. The van der Waals surface area contributed by atoms with Gasteiger partial charge in [0.25, 0.3) is 15.7 Å². The maximum Gasteiger partial charge on any atom is 0.501 e. The number of carbonyl (C=O) groups excluding carboxylic acids is 3. The molecule has 1 aromatic carbocycles. The first-order valence-electron chi connectivity index (χ1n) is 9.11. The summed E-state index contributed by atoms with van der Waals surface area (Å²) in [6.07, 6.45) is 1.42. The van der Waals surface area contributed by atoms with Gasteiger partial charge in [-0.15, -0.1) is 0 Å². The average Bonchev–Trinajstić information content (AvgIpc) is 2.90. The lowest BCUT2D eigenvalue weighted by molar-refractivity contribution is -0.119. The molecule has 3 rings (SSSR count). The average molecular weight is 470 g/mol. The molecule has 0 saturated carbocycles. The summed E-state index contributed by atoms with van der Waals surface area (Å²) in [5.41, 5.74) is -4.96. The third kappa shape index (κ3) is 4.28. The van der Waals surface area contributed by atoms with Crippen molar-refractivity contribution in [3.8, 4) is 0 Å². The summed E-state index contributed by atoms with van der Waals surface area (Å²) in [5, 5.41) is 2.50. The fourth-order valence-electron chi connectivity index (χ4n) is 3.08. The molecule has 13 heteroatoms. The number of sulfone groups is 1. The number of nitrogens with one attached hydrogen (secondary N) is 1. The van der Waals surface area contributed by atoms with Gasteiger partial charge in [-0.2, -0.15) is 13.2 Å². The van der Waals surface area contributed by atoms with Crippen LogP contribution in [0.15, 0.2) is 47.5 Å². The molecule has 0 radical (unpaired) electrons. The number of urea groups is 1. The highest BCUT2D eigenvalue weighted by atomic mass is 32.2. The van der Waals surface area contributed by atoms with Crippen molar-refractivity contribution in [3.05, 3.63) is 48.2 Å². The van der Waals surface area contributed by atoms with Crippen LogP contribution in [0.3, 0.4) is 0 Å². The van der Waals surface area contributed by atoms with Gasteiger partial charge in [-0.3, -0.25) is 9.59 Å². The fraction of sp³-hybridized carbons (Fsp3) is 0.263. The van der Waals surface area contributed by atoms with Crippen LogP contribution in [-0.4, -0.2) is 47.7 Å². The van der Waals surface area contributed by atoms with Crippen LogP contribution in [0.2, 0.25) is 0 Å². The second-order valence-electron chi connectivity index (χ2n) is 6.93. The maximum atomic E-state index is 12.9. The van der Waals surface area contributed by atoms with Gasteiger partial charge in [0.05, 0.1) is 10.6 Å². The van der Waals surface area contributed by atoms with Crippen molar-refractivity contribution in [2.45, 2.75) is 36.8 Å². The zero-order chi connectivity index (χ0) is 23.8. The first-order valence-corrected chi connectivity index (χ1v) is 10.6. The summed E-state index contributed by atoms with van der Waals surface area (Å²) in [5.74, 6) is -0.700. The number of alkyl halides is 3. The number of carbonyl (C=O) groups is 3. The van der Waals surface area contributed by atoms with Gasteiger partial charge in [-0.1, -0.05) is 0 Å². The molecular formula is C19H17F3N4O5S. The Balaban J connectivity index is 1.84. The van der Waals surface area contributed by atoms with E-state index in [9.17, 15) is 36.0 Å². The zero-order valence-electron chi connectivity index (χ0n) is 16.8. The molecule has 1 aliphatic rings. The van der Waals surface area contributed by atoms with Crippen LogP contribution in [-0.2, 0) is 26.0 Å². The van der Waals surface area contributed by atoms with Gasteiger partial charge in [0.15, 0.2) is 0 Å². The first kappa shape index (κ1) is 23.2. The van der Waals surface area contributed by atoms with E-state index in [-0.39, 0.29) is 24.0 Å². The van der Waals surface area contributed by atoms with Crippen molar-refractivity contribution in [1.82, 2.24) is 9.88 Å². The van der Waals surface area contributed by atoms with E-state index >= 15 is 0 Å². The largest absolute Gasteiger partial charge is 0.501 e. The van der Waals surface area contributed by atoms with E-state index in [1.54, 1.807) is 6.07 Å². The van der Waals surface area contributed by atoms with E-state index in [0.29, 0.717) is 17.7 Å². The molecule has 0 aliphatic carbocycles. The highest BCUT2D eigenvalue weighted by molar-refractivity contribution is 7.92. The summed E-state index contributed by atoms with van der Waals surface area (Å²) in [6.45, 7) is 2.79. The molecule has 32 heavy (non-hydrogen) atoms. The highest BCUT2D eigenvalue weighted by Gasteiger charge is 2.47. The quantitative estimate of drug-likeness (QED) is 0.672. The molecule has 1 saturated heterocycles. The minimum atomic E-state index is -5.55. The van der Waals surface area contributed by atoms with Crippen LogP contribution in [0.25, 0.3) is 0 Å². The number of aromatic nitrogens is 1. The third-order valence-corrected chi connectivity index (χ3v) is 6.18. The van der Waals surface area contributed by atoms with E-state index in [0.717, 1.165) is 17.0 Å². The number of anilines is 2. The Hall–Kier alpha value is -3.48. The van der Waals surface area contributed by atoms with Crippen LogP contribution >= 0.6 is 0 Å². The number of benzene rings is 1. The summed E-state index contributed by atoms with van der Waals surface area (Å²) >= 11 is 0. The summed E-state index contributed by atoms with van der Waals surface area (Å²) < 4.78 is 61.1. The van der Waals surface area contributed by atoms with Crippen molar-refractivity contribution in [2.75, 3.05) is 10.2 Å². The number of halogens is 3. The van der Waals surface area contributed by atoms with Gasteiger partial charge in [-0.25, -0.2) is 23.1 Å². The molecule has 170 valence electrons. The molecule has 1 aliphatic heterocycles. The normalized spacial score (nSPS) is 17.1. The molecule has 4 amide bonds. The van der Waals surface area contributed by atoms with E-state index in [1.165, 1.54) is 31.0 Å². The molecular weight excluding hydrogens is 453 g/mol. The van der Waals surface area contributed by atoms with Gasteiger partial charge >= 0.3 is 11.5 Å². The fourth-order valence-corrected chi connectivity index (χ4v) is 3.84. The number of rotatable bonds is 5. The number of hydrogen-bond donors (Lipinski definition) is 1. The van der Waals surface area contributed by atoms with Crippen LogP contribution in [0.4, 0.5) is 29.5 Å². The molecule has 1 aromatic heterocycles. The molecule has 0 bridgehead atoms. The van der Waals surface area contributed by atoms with Crippen molar-refractivity contribution < 1.29 is 36.0 Å². The highest BCUT2D eigenvalue weighted by Crippen LogP contribution is 2.32. The number of nitrogens with zero attached hydrogens (tertiary/aromatic N) is 3. The standard InChI is InChI=1S/C19H17F3N4O5S/c1-11-17(28)26(14-3-5-15(6-4-14)32(30,31)19(20,21)22)18(29)25(11)10-13-7-8-23-16(9-13)24-12(2)27/h3-9,11H,10H2,1-2H3,(H,23,24,27). The monoisotopic (exact) mass is 470 g/mol. The molecule has 1 N–H and O–H groups in total. The minimum Gasteiger partial charge on any atom is -0.311 e.